The summed E-state index contributed by atoms with van der Waals surface area (Å²) in [5.74, 6) is 0.970. The topological polar surface area (TPSA) is 20.2 Å². The number of hydrogen-bond donors (Lipinski definition) is 1. The van der Waals surface area contributed by atoms with Crippen LogP contribution in [0.4, 0.5) is 0 Å². The Bertz CT molecular complexity index is 436. The lowest BCUT2D eigenvalue weighted by atomic mass is 9.91. The van der Waals surface area contributed by atoms with Gasteiger partial charge < -0.3 is 5.11 Å². The zero-order chi connectivity index (χ0) is 17.1. The lowest BCUT2D eigenvalue weighted by molar-refractivity contribution is 0.453. The largest absolute Gasteiger partial charge is 0.507 e. The molecule has 0 fully saturated rings. The second kappa shape index (κ2) is 11.5. The van der Waals surface area contributed by atoms with E-state index in [1.165, 1.54) is 76.2 Å². The van der Waals surface area contributed by atoms with Gasteiger partial charge in [-0.05, 0) is 37.3 Å². The summed E-state index contributed by atoms with van der Waals surface area (Å²) in [5.41, 5.74) is 3.40. The van der Waals surface area contributed by atoms with Gasteiger partial charge in [0, 0.05) is 0 Å². The molecule has 0 aliphatic rings. The Morgan fingerprint density at radius 3 is 1.91 bits per heavy atom. The lowest BCUT2D eigenvalue weighted by Gasteiger charge is -2.16. The first kappa shape index (κ1) is 20.1. The van der Waals surface area contributed by atoms with Gasteiger partial charge in [-0.15, -0.1) is 0 Å². The fourth-order valence-corrected chi connectivity index (χ4v) is 3.46. The van der Waals surface area contributed by atoms with Crippen molar-refractivity contribution in [2.24, 2.45) is 0 Å². The number of benzene rings is 1. The number of rotatable bonds is 12. The van der Waals surface area contributed by atoms with Gasteiger partial charge in [-0.1, -0.05) is 95.8 Å². The number of phenols is 1. The van der Waals surface area contributed by atoms with Crippen LogP contribution in [0.3, 0.4) is 0 Å². The fourth-order valence-electron chi connectivity index (χ4n) is 3.46. The summed E-state index contributed by atoms with van der Waals surface area (Å²) in [6.45, 7) is 8.64. The minimum absolute atomic E-state index is 0.461. The van der Waals surface area contributed by atoms with Crippen molar-refractivity contribution in [3.8, 4) is 5.75 Å². The summed E-state index contributed by atoms with van der Waals surface area (Å²) in [7, 11) is 0. The Labute approximate surface area is 144 Å². The Morgan fingerprint density at radius 1 is 0.826 bits per heavy atom. The molecule has 0 spiro atoms. The van der Waals surface area contributed by atoms with E-state index in [9.17, 15) is 5.11 Å². The van der Waals surface area contributed by atoms with Crippen molar-refractivity contribution in [1.82, 2.24) is 0 Å². The van der Waals surface area contributed by atoms with Crippen LogP contribution in [-0.2, 0) is 0 Å². The van der Waals surface area contributed by atoms with Gasteiger partial charge in [0.25, 0.3) is 0 Å². The molecule has 0 amide bonds. The third kappa shape index (κ3) is 7.90. The SMILES string of the molecule is CCCCCCCCCCCCC(C)c1cc(C)cc(C)c1O. The molecule has 0 heterocycles. The average molecular weight is 319 g/mol. The van der Waals surface area contributed by atoms with E-state index in [2.05, 4.69) is 32.9 Å². The number of unbranched alkanes of at least 4 members (excludes halogenated alkanes) is 9. The molecule has 0 aromatic heterocycles. The van der Waals surface area contributed by atoms with Crippen LogP contribution in [0, 0.1) is 13.8 Å². The summed E-state index contributed by atoms with van der Waals surface area (Å²) >= 11 is 0. The quantitative estimate of drug-likeness (QED) is 0.397. The third-order valence-electron chi connectivity index (χ3n) is 5.00. The Balaban J connectivity index is 2.14. The van der Waals surface area contributed by atoms with Crippen LogP contribution < -0.4 is 0 Å². The van der Waals surface area contributed by atoms with Crippen LogP contribution in [-0.4, -0.2) is 5.11 Å². The molecule has 23 heavy (non-hydrogen) atoms. The Kier molecular flexibility index (Phi) is 10.1. The summed E-state index contributed by atoms with van der Waals surface area (Å²) in [6, 6.07) is 4.22. The van der Waals surface area contributed by atoms with Gasteiger partial charge in [0.05, 0.1) is 0 Å². The van der Waals surface area contributed by atoms with Crippen molar-refractivity contribution in [2.45, 2.75) is 104 Å². The predicted molar refractivity (Wildman–Crippen MR) is 102 cm³/mol. The highest BCUT2D eigenvalue weighted by atomic mass is 16.3. The summed E-state index contributed by atoms with van der Waals surface area (Å²) < 4.78 is 0. The Morgan fingerprint density at radius 2 is 1.35 bits per heavy atom. The van der Waals surface area contributed by atoms with Crippen molar-refractivity contribution in [3.05, 3.63) is 28.8 Å². The van der Waals surface area contributed by atoms with Gasteiger partial charge in [0.15, 0.2) is 0 Å². The van der Waals surface area contributed by atoms with Crippen molar-refractivity contribution in [2.75, 3.05) is 0 Å². The maximum Gasteiger partial charge on any atom is 0.121 e. The number of phenolic OH excluding ortho intramolecular Hbond substituents is 1. The monoisotopic (exact) mass is 318 g/mol. The number of aromatic hydroxyl groups is 1. The third-order valence-corrected chi connectivity index (χ3v) is 5.00. The minimum atomic E-state index is 0.461. The molecule has 0 aliphatic carbocycles. The first-order valence-electron chi connectivity index (χ1n) is 9.86. The molecule has 1 atom stereocenters. The summed E-state index contributed by atoms with van der Waals surface area (Å²) in [6.07, 6.45) is 15.0. The smallest absolute Gasteiger partial charge is 0.121 e. The van der Waals surface area contributed by atoms with Crippen LogP contribution in [0.5, 0.6) is 5.75 Å². The Hall–Kier alpha value is -0.980. The predicted octanol–water partition coefficient (Wildman–Crippen LogP) is 7.42. The van der Waals surface area contributed by atoms with Crippen molar-refractivity contribution in [1.29, 1.82) is 0 Å². The maximum atomic E-state index is 10.3. The highest BCUT2D eigenvalue weighted by Gasteiger charge is 2.12. The molecule has 0 saturated heterocycles. The van der Waals surface area contributed by atoms with E-state index in [0.717, 1.165) is 11.1 Å². The molecule has 1 nitrogen and oxygen atoms in total. The fraction of sp³-hybridized carbons (Fsp3) is 0.727. The van der Waals surface area contributed by atoms with E-state index in [1.54, 1.807) is 0 Å². The summed E-state index contributed by atoms with van der Waals surface area (Å²) in [4.78, 5) is 0. The molecule has 0 aliphatic heterocycles. The second-order valence-electron chi connectivity index (χ2n) is 7.39. The summed E-state index contributed by atoms with van der Waals surface area (Å²) in [5, 5.41) is 10.3. The van der Waals surface area contributed by atoms with Crippen LogP contribution in [0.2, 0.25) is 0 Å². The first-order chi connectivity index (χ1) is 11.1. The van der Waals surface area contributed by atoms with Crippen molar-refractivity contribution < 1.29 is 5.11 Å². The van der Waals surface area contributed by atoms with Gasteiger partial charge >= 0.3 is 0 Å². The highest BCUT2D eigenvalue weighted by Crippen LogP contribution is 2.33. The standard InChI is InChI=1S/C22H38O/c1-5-6-7-8-9-10-11-12-13-14-15-19(3)21-17-18(2)16-20(4)22(21)23/h16-17,19,23H,5-15H2,1-4H3. The number of aryl methyl sites for hydroxylation is 2. The second-order valence-corrected chi connectivity index (χ2v) is 7.39. The normalized spacial score (nSPS) is 12.5. The molecular weight excluding hydrogens is 280 g/mol. The van der Waals surface area contributed by atoms with Crippen LogP contribution in [0.15, 0.2) is 12.1 Å². The van der Waals surface area contributed by atoms with Gasteiger partial charge in [0.2, 0.25) is 0 Å². The molecule has 1 aromatic carbocycles. The molecule has 1 heteroatoms. The van der Waals surface area contributed by atoms with Crippen molar-refractivity contribution in [3.63, 3.8) is 0 Å². The first-order valence-corrected chi connectivity index (χ1v) is 9.86. The zero-order valence-corrected chi connectivity index (χ0v) is 16.0. The van der Waals surface area contributed by atoms with E-state index in [0.29, 0.717) is 11.7 Å². The highest BCUT2D eigenvalue weighted by molar-refractivity contribution is 5.44. The molecular formula is C22H38O. The van der Waals surface area contributed by atoms with Crippen molar-refractivity contribution >= 4 is 0 Å². The van der Waals surface area contributed by atoms with Gasteiger partial charge in [-0.2, -0.15) is 0 Å². The number of hydrogen-bond acceptors (Lipinski definition) is 1. The molecule has 1 N–H and O–H groups in total. The van der Waals surface area contributed by atoms with Crippen LogP contribution in [0.25, 0.3) is 0 Å². The maximum absolute atomic E-state index is 10.3. The van der Waals surface area contributed by atoms with E-state index in [4.69, 9.17) is 0 Å². The molecule has 0 saturated carbocycles. The zero-order valence-electron chi connectivity index (χ0n) is 16.0. The van der Waals surface area contributed by atoms with Crippen LogP contribution >= 0.6 is 0 Å². The minimum Gasteiger partial charge on any atom is -0.507 e. The average Bonchev–Trinajstić information content (AvgIpc) is 2.52. The molecule has 0 bridgehead atoms. The molecule has 1 aromatic rings. The van der Waals surface area contributed by atoms with Gasteiger partial charge in [-0.25, -0.2) is 0 Å². The van der Waals surface area contributed by atoms with Gasteiger partial charge in [-0.3, -0.25) is 0 Å². The molecule has 1 unspecified atom stereocenters. The molecule has 1 rings (SSSR count). The van der Waals surface area contributed by atoms with E-state index >= 15 is 0 Å². The molecule has 132 valence electrons. The van der Waals surface area contributed by atoms with E-state index in [-0.39, 0.29) is 0 Å². The van der Waals surface area contributed by atoms with E-state index in [1.807, 2.05) is 6.92 Å². The molecule has 0 radical (unpaired) electrons. The van der Waals surface area contributed by atoms with Gasteiger partial charge in [0.1, 0.15) is 5.75 Å². The lowest BCUT2D eigenvalue weighted by Crippen LogP contribution is -1.97. The van der Waals surface area contributed by atoms with E-state index < -0.39 is 0 Å². The van der Waals surface area contributed by atoms with Crippen LogP contribution in [0.1, 0.15) is 107 Å².